The summed E-state index contributed by atoms with van der Waals surface area (Å²) in [5.41, 5.74) is 11.5. The summed E-state index contributed by atoms with van der Waals surface area (Å²) in [5, 5.41) is 23.0. The van der Waals surface area contributed by atoms with E-state index in [0.29, 0.717) is 161 Å². The number of halogens is 6. The Bertz CT molecular complexity index is 5310. The van der Waals surface area contributed by atoms with Gasteiger partial charge >= 0.3 is 0 Å². The average Bonchev–Trinajstić information content (AvgIpc) is 1.73. The first-order chi connectivity index (χ1) is 48.6. The molecule has 518 valence electrons. The van der Waals surface area contributed by atoms with Gasteiger partial charge in [0.1, 0.15) is 11.6 Å². The van der Waals surface area contributed by atoms with Crippen molar-refractivity contribution in [3.05, 3.63) is 183 Å². The van der Waals surface area contributed by atoms with Crippen LogP contribution in [0.5, 0.6) is 0 Å². The zero-order chi connectivity index (χ0) is 70.7. The van der Waals surface area contributed by atoms with Crippen LogP contribution in [0.4, 0.5) is 60.7 Å². The van der Waals surface area contributed by atoms with Gasteiger partial charge < -0.3 is 45.6 Å². The zero-order valence-corrected chi connectivity index (χ0v) is 56.9. The summed E-state index contributed by atoms with van der Waals surface area (Å²) in [6.07, 6.45) is 8.17. The van der Waals surface area contributed by atoms with Crippen LogP contribution in [0.2, 0.25) is 0 Å². The highest BCUT2D eigenvalue weighted by Gasteiger charge is 2.39. The molecular weight excluding hydrogens is 1300 g/mol. The minimum absolute atomic E-state index is 0.136. The Balaban J connectivity index is 0.893. The number of carbonyl (C=O) groups is 3. The van der Waals surface area contributed by atoms with E-state index in [0.717, 1.165) is 22.3 Å². The zero-order valence-electron chi connectivity index (χ0n) is 56.9. The van der Waals surface area contributed by atoms with Crippen molar-refractivity contribution in [2.45, 2.75) is 77.6 Å². The number of nitrogens with one attached hydrogen (secondary N) is 6. The third-order valence-corrected chi connectivity index (χ3v) is 20.9. The topological polar surface area (TPSA) is 224 Å². The maximum absolute atomic E-state index is 16.0. The van der Waals surface area contributed by atoms with Crippen LogP contribution >= 0.6 is 0 Å². The molecule has 0 aliphatic carbocycles. The predicted octanol–water partition coefficient (Wildman–Crippen LogP) is 14.6. The van der Waals surface area contributed by atoms with E-state index in [2.05, 4.69) is 64.1 Å². The molecule has 26 heteroatoms. The van der Waals surface area contributed by atoms with Gasteiger partial charge in [0.25, 0.3) is 37.0 Å². The molecule has 4 unspecified atom stereocenters. The minimum Gasteiger partial charge on any atom is -0.360 e. The molecule has 11 heterocycles. The van der Waals surface area contributed by atoms with Gasteiger partial charge in [0.15, 0.2) is 0 Å². The van der Waals surface area contributed by atoms with Gasteiger partial charge in [-0.1, -0.05) is 13.8 Å². The van der Waals surface area contributed by atoms with Gasteiger partial charge in [-0.05, 0) is 150 Å². The predicted molar refractivity (Wildman–Crippen MR) is 377 cm³/mol. The summed E-state index contributed by atoms with van der Waals surface area (Å²) in [5.74, 6) is -1.92. The monoisotopic (exact) mass is 1370 g/mol. The van der Waals surface area contributed by atoms with Gasteiger partial charge in [-0.2, -0.15) is 15.3 Å². The van der Waals surface area contributed by atoms with Crippen LogP contribution in [0.25, 0.3) is 66.1 Å². The quantitative estimate of drug-likeness (QED) is 0.0499. The molecule has 3 aliphatic rings. The first kappa shape index (κ1) is 65.7. The van der Waals surface area contributed by atoms with Crippen molar-refractivity contribution in [3.63, 3.8) is 0 Å². The molecule has 8 aromatic heterocycles. The number of aryl methyl sites for hydroxylation is 5. The van der Waals surface area contributed by atoms with E-state index in [-0.39, 0.29) is 53.4 Å². The maximum Gasteiger partial charge on any atom is 0.264 e. The van der Waals surface area contributed by atoms with E-state index in [1.54, 1.807) is 123 Å². The lowest BCUT2D eigenvalue weighted by Gasteiger charge is -2.40. The number of rotatable bonds is 16. The molecular formula is C75H73F6N17O3. The highest BCUT2D eigenvalue weighted by Crippen LogP contribution is 2.51. The van der Waals surface area contributed by atoms with E-state index in [4.69, 9.17) is 9.97 Å². The summed E-state index contributed by atoms with van der Waals surface area (Å²) in [7, 11) is 9.82. The minimum atomic E-state index is -2.93. The number of pyridine rings is 2. The number of nitrogens with zero attached hydrogens (tertiary/aromatic N) is 11. The van der Waals surface area contributed by atoms with Crippen LogP contribution in [0.3, 0.4) is 0 Å². The highest BCUT2D eigenvalue weighted by atomic mass is 19.3. The molecule has 0 radical (unpaired) electrons. The number of aromatic amines is 3. The normalized spacial score (nSPS) is 16.0. The molecule has 0 saturated heterocycles. The van der Waals surface area contributed by atoms with E-state index in [1.807, 2.05) is 47.9 Å². The average molecular weight is 1370 g/mol. The number of hydrogen-bond donors (Lipinski definition) is 6. The summed E-state index contributed by atoms with van der Waals surface area (Å²) >= 11 is 0. The fourth-order valence-electron chi connectivity index (χ4n) is 15.7. The number of anilines is 6. The number of benzene rings is 4. The maximum atomic E-state index is 16.0. The Morgan fingerprint density at radius 1 is 0.495 bits per heavy atom. The third-order valence-electron chi connectivity index (χ3n) is 20.9. The Kier molecular flexibility index (Phi) is 16.6. The number of H-pyrrole nitrogens is 3. The van der Waals surface area contributed by atoms with Crippen LogP contribution in [-0.4, -0.2) is 113 Å². The van der Waals surface area contributed by atoms with E-state index >= 15 is 26.3 Å². The third kappa shape index (κ3) is 11.4. The van der Waals surface area contributed by atoms with Crippen molar-refractivity contribution >= 4 is 84.8 Å². The number of hydrogen-bond acceptors (Lipinski definition) is 11. The van der Waals surface area contributed by atoms with Crippen LogP contribution in [-0.2, 0) is 40.4 Å². The second-order valence-electron chi connectivity index (χ2n) is 26.9. The van der Waals surface area contributed by atoms with Crippen molar-refractivity contribution in [1.82, 2.24) is 70.2 Å². The molecule has 0 saturated carbocycles. The summed E-state index contributed by atoms with van der Waals surface area (Å²) in [6.45, 7) is 6.85. The SMILES string of the molecule is CNC(=O)c1c[nH]c2c(C(C)C3Cc4cc(-c5cnn(C)c5)c(C(F)F)cc4N(c4cc5c(C(=O)NC)c[nH]c5c(C(C)C5Cc6cc(-c7cnn(C)c7)c(C(F)F)cc6N(c6cc7c(C(=O)NC)c[nH]c7c(C)n6)C5)n4)C3)cc(N3CCCc4cc(-c5cnn(C)c5)c(C(F)F)cc43)cc12. The van der Waals surface area contributed by atoms with Crippen molar-refractivity contribution in [1.29, 1.82) is 0 Å². The Hall–Kier alpha value is -11.2. The van der Waals surface area contributed by atoms with Gasteiger partial charge in [0.2, 0.25) is 0 Å². The molecule has 6 N–H and O–H groups in total. The largest absolute Gasteiger partial charge is 0.360 e. The van der Waals surface area contributed by atoms with Gasteiger partial charge in [0.05, 0.1) is 57.7 Å². The molecule has 4 aromatic carbocycles. The van der Waals surface area contributed by atoms with Crippen molar-refractivity contribution in [2.24, 2.45) is 33.0 Å². The van der Waals surface area contributed by atoms with Gasteiger partial charge in [-0.3, -0.25) is 28.4 Å². The molecule has 20 nitrogen and oxygen atoms in total. The highest BCUT2D eigenvalue weighted by molar-refractivity contribution is 6.10. The molecule has 0 spiro atoms. The lowest BCUT2D eigenvalue weighted by Crippen LogP contribution is -2.36. The van der Waals surface area contributed by atoms with Crippen LogP contribution in [0.15, 0.2) is 116 Å². The molecule has 12 aromatic rings. The Morgan fingerprint density at radius 2 is 0.911 bits per heavy atom. The molecule has 15 rings (SSSR count). The lowest BCUT2D eigenvalue weighted by molar-refractivity contribution is 0.0956. The van der Waals surface area contributed by atoms with Crippen molar-refractivity contribution in [3.8, 4) is 33.4 Å². The molecule has 3 amide bonds. The number of amides is 3. The first-order valence-corrected chi connectivity index (χ1v) is 33.5. The first-order valence-electron chi connectivity index (χ1n) is 33.5. The molecule has 3 aliphatic heterocycles. The van der Waals surface area contributed by atoms with Gasteiger partial charge in [-0.25, -0.2) is 36.3 Å². The van der Waals surface area contributed by atoms with Crippen molar-refractivity contribution in [2.75, 3.05) is 55.5 Å². The second-order valence-corrected chi connectivity index (χ2v) is 26.9. The summed E-state index contributed by atoms with van der Waals surface area (Å²) in [4.78, 5) is 68.2. The van der Waals surface area contributed by atoms with Gasteiger partial charge in [0, 0.05) is 183 Å². The van der Waals surface area contributed by atoms with Crippen LogP contribution in [0, 0.1) is 18.8 Å². The number of fused-ring (bicyclic) bond motifs is 6. The molecule has 0 bridgehead atoms. The van der Waals surface area contributed by atoms with E-state index in [1.165, 1.54) is 19.2 Å². The molecule has 0 fully saturated rings. The van der Waals surface area contributed by atoms with Crippen molar-refractivity contribution < 1.29 is 40.7 Å². The Labute approximate surface area is 576 Å². The fourth-order valence-corrected chi connectivity index (χ4v) is 15.7. The number of carbonyl (C=O) groups excluding carboxylic acids is 3. The molecule has 4 atom stereocenters. The number of aromatic nitrogens is 11. The second kappa shape index (κ2) is 25.5. The fraction of sp³-hybridized carbons (Fsp3) is 0.307. The van der Waals surface area contributed by atoms with Gasteiger partial charge in [-0.15, -0.1) is 0 Å². The van der Waals surface area contributed by atoms with Crippen LogP contribution in [0.1, 0.15) is 133 Å². The summed E-state index contributed by atoms with van der Waals surface area (Å²) < 4.78 is 98.6. The van der Waals surface area contributed by atoms with E-state index in [9.17, 15) is 14.4 Å². The Morgan fingerprint density at radius 3 is 1.37 bits per heavy atom. The number of alkyl halides is 6. The summed E-state index contributed by atoms with van der Waals surface area (Å²) in [6, 6.07) is 17.7. The lowest BCUT2D eigenvalue weighted by atomic mass is 9.78. The van der Waals surface area contributed by atoms with E-state index < -0.39 is 37.0 Å². The smallest absolute Gasteiger partial charge is 0.264 e. The standard InChI is InChI=1S/C75H73F6N17O3/c1-36(48-18-47(19-52-58(73(99)82-4)29-86-68(48)52)96-12-10-11-39-15-49(44-25-88-93(7)31-44)55(70(76)77)20-61(39)96)42-13-40-16-50(45-26-89-94(8)32-45)57(72(80)81)22-63(40)98(34-42)65-24-54-60(75(101)84-6)30-87-69(54)66(92-65)37(2)43-14-41-17-51(46-27-90-95(9)33-46)56(71(78)79)21-62(41)97(35-43)64-23-53-59(74(100)83-5)28-85-67(53)38(3)91-64/h15-33,36-37,42-43,70-72,85-87H,10-14,34-35H2,1-9H3,(H,82,99)(H,83,100)(H,84,101). The molecule has 101 heavy (non-hydrogen) atoms. The van der Waals surface area contributed by atoms with Crippen LogP contribution < -0.4 is 30.7 Å².